The highest BCUT2D eigenvalue weighted by Gasteiger charge is 2.29. The third-order valence-electron chi connectivity index (χ3n) is 3.95. The van der Waals surface area contributed by atoms with E-state index in [2.05, 4.69) is 0 Å². The van der Waals surface area contributed by atoms with Gasteiger partial charge >= 0.3 is 11.9 Å². The van der Waals surface area contributed by atoms with E-state index in [4.69, 9.17) is 14.2 Å². The second-order valence-corrected chi connectivity index (χ2v) is 5.74. The maximum absolute atomic E-state index is 12.2. The van der Waals surface area contributed by atoms with E-state index in [-0.39, 0.29) is 24.0 Å². The molecule has 1 aliphatic rings. The minimum absolute atomic E-state index is 0.108. The number of hydrogen-bond acceptors (Lipinski definition) is 5. The maximum Gasteiger partial charge on any atom is 0.330 e. The number of hydrogen-bond donors (Lipinski definition) is 0. The molecule has 0 bridgehead atoms. The highest BCUT2D eigenvalue weighted by atomic mass is 16.5. The Balaban J connectivity index is 1.79. The summed E-state index contributed by atoms with van der Waals surface area (Å²) in [6.07, 6.45) is 5.67. The van der Waals surface area contributed by atoms with Crippen LogP contribution in [0.15, 0.2) is 36.4 Å². The van der Waals surface area contributed by atoms with Gasteiger partial charge in [0, 0.05) is 6.08 Å². The van der Waals surface area contributed by atoms with Crippen molar-refractivity contribution in [3.05, 3.63) is 36.4 Å². The van der Waals surface area contributed by atoms with Gasteiger partial charge in [-0.25, -0.2) is 4.79 Å². The average molecular weight is 332 g/mol. The second-order valence-electron chi connectivity index (χ2n) is 5.74. The fraction of sp³-hybridized carbons (Fsp3) is 0.474. The Kier molecular flexibility index (Phi) is 6.85. The Bertz CT molecular complexity index is 568. The van der Waals surface area contributed by atoms with Crippen LogP contribution in [-0.4, -0.2) is 24.6 Å². The number of ether oxygens (including phenoxy) is 3. The SMILES string of the molecule is CC=CC(=O)OC1CCC(C(=O)Oc2ccc(OCC)cc2)CC1. The Morgan fingerprint density at radius 1 is 1.08 bits per heavy atom. The highest BCUT2D eigenvalue weighted by molar-refractivity contribution is 5.82. The molecule has 0 spiro atoms. The van der Waals surface area contributed by atoms with Crippen LogP contribution in [0.3, 0.4) is 0 Å². The smallest absolute Gasteiger partial charge is 0.330 e. The van der Waals surface area contributed by atoms with Gasteiger partial charge in [-0.15, -0.1) is 0 Å². The minimum atomic E-state index is -0.321. The summed E-state index contributed by atoms with van der Waals surface area (Å²) in [4.78, 5) is 23.7. The molecule has 24 heavy (non-hydrogen) atoms. The third-order valence-corrected chi connectivity index (χ3v) is 3.95. The summed E-state index contributed by atoms with van der Waals surface area (Å²) >= 11 is 0. The summed E-state index contributed by atoms with van der Waals surface area (Å²) in [6.45, 7) is 4.29. The first kappa shape index (κ1) is 18.0. The first-order chi connectivity index (χ1) is 11.6. The molecule has 2 rings (SSSR count). The van der Waals surface area contributed by atoms with E-state index >= 15 is 0 Å². The summed E-state index contributed by atoms with van der Waals surface area (Å²) in [5.74, 6) is 0.578. The first-order valence-electron chi connectivity index (χ1n) is 8.40. The molecule has 1 fully saturated rings. The van der Waals surface area contributed by atoms with Gasteiger partial charge in [-0.05, 0) is 63.8 Å². The Morgan fingerprint density at radius 2 is 1.71 bits per heavy atom. The number of esters is 2. The van der Waals surface area contributed by atoms with Crippen LogP contribution >= 0.6 is 0 Å². The van der Waals surface area contributed by atoms with E-state index in [0.717, 1.165) is 5.75 Å². The van der Waals surface area contributed by atoms with Crippen molar-refractivity contribution in [1.82, 2.24) is 0 Å². The summed E-state index contributed by atoms with van der Waals surface area (Å²) < 4.78 is 16.1. The van der Waals surface area contributed by atoms with Crippen LogP contribution in [0.4, 0.5) is 0 Å². The van der Waals surface area contributed by atoms with Crippen LogP contribution in [0, 0.1) is 5.92 Å². The van der Waals surface area contributed by atoms with E-state index in [1.807, 2.05) is 6.92 Å². The Labute approximate surface area is 142 Å². The lowest BCUT2D eigenvalue weighted by atomic mass is 9.87. The van der Waals surface area contributed by atoms with Gasteiger partial charge in [0.1, 0.15) is 17.6 Å². The van der Waals surface area contributed by atoms with Gasteiger partial charge in [0.05, 0.1) is 12.5 Å². The highest BCUT2D eigenvalue weighted by Crippen LogP contribution is 2.28. The quantitative estimate of drug-likeness (QED) is 0.452. The molecule has 0 N–H and O–H groups in total. The van der Waals surface area contributed by atoms with Crippen LogP contribution in [0.2, 0.25) is 0 Å². The largest absolute Gasteiger partial charge is 0.494 e. The summed E-state index contributed by atoms with van der Waals surface area (Å²) in [7, 11) is 0. The van der Waals surface area contributed by atoms with Gasteiger partial charge in [-0.3, -0.25) is 4.79 Å². The van der Waals surface area contributed by atoms with Crippen molar-refractivity contribution < 1.29 is 23.8 Å². The molecule has 0 radical (unpaired) electrons. The minimum Gasteiger partial charge on any atom is -0.494 e. The summed E-state index contributed by atoms with van der Waals surface area (Å²) in [5.41, 5.74) is 0. The van der Waals surface area contributed by atoms with Gasteiger partial charge in [0.15, 0.2) is 0 Å². The van der Waals surface area contributed by atoms with Crippen molar-refractivity contribution in [2.24, 2.45) is 5.92 Å². The molecule has 1 saturated carbocycles. The number of benzene rings is 1. The Morgan fingerprint density at radius 3 is 2.29 bits per heavy atom. The van der Waals surface area contributed by atoms with Crippen LogP contribution in [0.25, 0.3) is 0 Å². The fourth-order valence-electron chi connectivity index (χ4n) is 2.73. The van der Waals surface area contributed by atoms with Crippen molar-refractivity contribution in [1.29, 1.82) is 0 Å². The molecule has 1 aromatic rings. The average Bonchev–Trinajstić information content (AvgIpc) is 2.57. The molecule has 0 aliphatic heterocycles. The molecule has 0 unspecified atom stereocenters. The van der Waals surface area contributed by atoms with Crippen molar-refractivity contribution in [2.45, 2.75) is 45.6 Å². The monoisotopic (exact) mass is 332 g/mol. The van der Waals surface area contributed by atoms with Crippen molar-refractivity contribution in [2.75, 3.05) is 6.61 Å². The molecular formula is C19H24O5. The lowest BCUT2D eigenvalue weighted by Gasteiger charge is -2.26. The molecule has 0 heterocycles. The van der Waals surface area contributed by atoms with Gasteiger partial charge in [-0.1, -0.05) is 6.08 Å². The molecule has 5 heteroatoms. The second kappa shape index (κ2) is 9.11. The van der Waals surface area contributed by atoms with Crippen LogP contribution < -0.4 is 9.47 Å². The fourth-order valence-corrected chi connectivity index (χ4v) is 2.73. The third kappa shape index (κ3) is 5.41. The van der Waals surface area contributed by atoms with Crippen molar-refractivity contribution in [3.8, 4) is 11.5 Å². The first-order valence-corrected chi connectivity index (χ1v) is 8.40. The number of carbonyl (C=O) groups is 2. The zero-order valence-corrected chi connectivity index (χ0v) is 14.2. The topological polar surface area (TPSA) is 61.8 Å². The molecule has 5 nitrogen and oxygen atoms in total. The van der Waals surface area contributed by atoms with E-state index in [9.17, 15) is 9.59 Å². The summed E-state index contributed by atoms with van der Waals surface area (Å²) in [5, 5.41) is 0. The molecule has 0 atom stereocenters. The van der Waals surface area contributed by atoms with E-state index in [1.54, 1.807) is 37.3 Å². The number of carbonyl (C=O) groups excluding carboxylic acids is 2. The molecule has 1 aliphatic carbocycles. The number of rotatable bonds is 6. The summed E-state index contributed by atoms with van der Waals surface area (Å²) in [6, 6.07) is 7.02. The molecule has 0 aromatic heterocycles. The lowest BCUT2D eigenvalue weighted by molar-refractivity contribution is -0.147. The van der Waals surface area contributed by atoms with Crippen LogP contribution in [0.5, 0.6) is 11.5 Å². The maximum atomic E-state index is 12.2. The zero-order chi connectivity index (χ0) is 17.4. The normalized spacial score (nSPS) is 20.6. The molecule has 0 saturated heterocycles. The molecular weight excluding hydrogens is 308 g/mol. The van der Waals surface area contributed by atoms with E-state index < -0.39 is 0 Å². The van der Waals surface area contributed by atoms with Crippen LogP contribution in [-0.2, 0) is 14.3 Å². The van der Waals surface area contributed by atoms with Crippen molar-refractivity contribution in [3.63, 3.8) is 0 Å². The van der Waals surface area contributed by atoms with E-state index in [1.165, 1.54) is 6.08 Å². The predicted molar refractivity (Wildman–Crippen MR) is 89.9 cm³/mol. The predicted octanol–water partition coefficient (Wildman–Crippen LogP) is 3.67. The van der Waals surface area contributed by atoms with E-state index in [0.29, 0.717) is 38.0 Å². The lowest BCUT2D eigenvalue weighted by Crippen LogP contribution is -2.29. The van der Waals surface area contributed by atoms with Gasteiger partial charge in [0.25, 0.3) is 0 Å². The number of allylic oxidation sites excluding steroid dienone is 1. The standard InChI is InChI=1S/C19H24O5/c1-3-5-18(20)23-16-8-6-14(7-9-16)19(21)24-17-12-10-15(11-13-17)22-4-2/h3,5,10-14,16H,4,6-9H2,1-2H3. The van der Waals surface area contributed by atoms with Crippen molar-refractivity contribution >= 4 is 11.9 Å². The molecule has 1 aromatic carbocycles. The van der Waals surface area contributed by atoms with Gasteiger partial charge < -0.3 is 14.2 Å². The zero-order valence-electron chi connectivity index (χ0n) is 14.2. The molecule has 130 valence electrons. The van der Waals surface area contributed by atoms with Gasteiger partial charge in [0.2, 0.25) is 0 Å². The Hall–Kier alpha value is -2.30. The van der Waals surface area contributed by atoms with Gasteiger partial charge in [-0.2, -0.15) is 0 Å². The van der Waals surface area contributed by atoms with Crippen LogP contribution in [0.1, 0.15) is 39.5 Å². The molecule has 0 amide bonds.